The molecule has 0 aliphatic rings. The van der Waals surface area contributed by atoms with E-state index in [0.29, 0.717) is 5.89 Å². The van der Waals surface area contributed by atoms with Gasteiger partial charge in [-0.15, -0.1) is 0 Å². The van der Waals surface area contributed by atoms with E-state index in [0.717, 1.165) is 42.2 Å². The number of pyridine rings is 1. The average molecular weight is 323 g/mol. The molecule has 0 saturated carbocycles. The molecule has 0 saturated heterocycles. The van der Waals surface area contributed by atoms with Crippen molar-refractivity contribution in [2.75, 3.05) is 20.7 Å². The molecule has 0 unspecified atom stereocenters. The third-order valence-corrected chi connectivity index (χ3v) is 3.80. The van der Waals surface area contributed by atoms with Crippen LogP contribution in [0.3, 0.4) is 0 Å². The number of methoxy groups -OCH3 is 1. The molecule has 0 amide bonds. The van der Waals surface area contributed by atoms with Gasteiger partial charge in [-0.3, -0.25) is 4.98 Å². The highest BCUT2D eigenvalue weighted by Gasteiger charge is 2.09. The summed E-state index contributed by atoms with van der Waals surface area (Å²) in [6.07, 6.45) is 4.46. The van der Waals surface area contributed by atoms with Gasteiger partial charge in [-0.05, 0) is 43.4 Å². The minimum absolute atomic E-state index is 0.630. The van der Waals surface area contributed by atoms with Gasteiger partial charge in [0.1, 0.15) is 12.0 Å². The van der Waals surface area contributed by atoms with E-state index in [1.54, 1.807) is 13.4 Å². The summed E-state index contributed by atoms with van der Waals surface area (Å²) >= 11 is 0. The number of hydrogen-bond donors (Lipinski definition) is 0. The fourth-order valence-corrected chi connectivity index (χ4v) is 2.45. The number of nitrogens with zero attached hydrogens (tertiary/aromatic N) is 3. The fourth-order valence-electron chi connectivity index (χ4n) is 2.45. The van der Waals surface area contributed by atoms with Gasteiger partial charge in [0.05, 0.1) is 12.8 Å². The lowest BCUT2D eigenvalue weighted by Crippen LogP contribution is -2.21. The lowest BCUT2D eigenvalue weighted by atomic mass is 10.2. The van der Waals surface area contributed by atoms with E-state index in [1.807, 2.05) is 48.7 Å². The maximum absolute atomic E-state index is 5.60. The molecule has 24 heavy (non-hydrogen) atoms. The number of ether oxygens (including phenoxy) is 1. The molecule has 0 atom stereocenters. The number of hydrogen-bond acceptors (Lipinski definition) is 5. The van der Waals surface area contributed by atoms with Crippen LogP contribution in [0.25, 0.3) is 11.5 Å². The van der Waals surface area contributed by atoms with Crippen molar-refractivity contribution in [3.63, 3.8) is 0 Å². The molecule has 1 aromatic carbocycles. The van der Waals surface area contributed by atoms with Crippen LogP contribution in [-0.2, 0) is 13.0 Å². The Hall–Kier alpha value is -2.66. The van der Waals surface area contributed by atoms with Crippen LogP contribution in [0.2, 0.25) is 0 Å². The van der Waals surface area contributed by atoms with Gasteiger partial charge in [0.25, 0.3) is 0 Å². The van der Waals surface area contributed by atoms with Crippen molar-refractivity contribution < 1.29 is 9.15 Å². The molecular weight excluding hydrogens is 302 g/mol. The Morgan fingerprint density at radius 2 is 1.92 bits per heavy atom. The molecule has 2 heterocycles. The molecule has 5 nitrogen and oxygen atoms in total. The molecule has 0 spiro atoms. The van der Waals surface area contributed by atoms with E-state index in [-0.39, 0.29) is 0 Å². The summed E-state index contributed by atoms with van der Waals surface area (Å²) in [5, 5.41) is 0. The van der Waals surface area contributed by atoms with Crippen molar-refractivity contribution in [3.05, 3.63) is 66.3 Å². The zero-order valence-corrected chi connectivity index (χ0v) is 14.0. The highest BCUT2D eigenvalue weighted by Crippen LogP contribution is 2.22. The summed E-state index contributed by atoms with van der Waals surface area (Å²) in [7, 11) is 3.73. The number of oxazole rings is 1. The molecule has 0 bridgehead atoms. The predicted octanol–water partition coefficient (Wildman–Crippen LogP) is 3.42. The van der Waals surface area contributed by atoms with Crippen molar-refractivity contribution >= 4 is 0 Å². The van der Waals surface area contributed by atoms with Crippen molar-refractivity contribution in [1.82, 2.24) is 14.9 Å². The highest BCUT2D eigenvalue weighted by molar-refractivity contribution is 5.54. The van der Waals surface area contributed by atoms with Gasteiger partial charge in [-0.1, -0.05) is 6.07 Å². The van der Waals surface area contributed by atoms with Crippen LogP contribution in [-0.4, -0.2) is 35.6 Å². The zero-order valence-electron chi connectivity index (χ0n) is 14.0. The molecule has 3 rings (SSSR count). The SMILES string of the molecule is COc1ccc(-c2nc(CN(C)CCc3ccccn3)co2)cc1. The van der Waals surface area contributed by atoms with Gasteiger partial charge in [-0.2, -0.15) is 0 Å². The topological polar surface area (TPSA) is 51.4 Å². The van der Waals surface area contributed by atoms with Crippen molar-refractivity contribution in [2.45, 2.75) is 13.0 Å². The van der Waals surface area contributed by atoms with Gasteiger partial charge in [0.2, 0.25) is 5.89 Å². The first-order valence-corrected chi connectivity index (χ1v) is 7.92. The zero-order chi connectivity index (χ0) is 16.8. The van der Waals surface area contributed by atoms with Gasteiger partial charge >= 0.3 is 0 Å². The molecule has 3 aromatic rings. The fraction of sp³-hybridized carbons (Fsp3) is 0.263. The van der Waals surface area contributed by atoms with Crippen LogP contribution in [0.1, 0.15) is 11.4 Å². The minimum atomic E-state index is 0.630. The van der Waals surface area contributed by atoms with Crippen LogP contribution in [0.4, 0.5) is 0 Å². The van der Waals surface area contributed by atoms with Crippen molar-refractivity contribution in [1.29, 1.82) is 0 Å². The number of aromatic nitrogens is 2. The van der Waals surface area contributed by atoms with E-state index in [9.17, 15) is 0 Å². The predicted molar refractivity (Wildman–Crippen MR) is 92.8 cm³/mol. The van der Waals surface area contributed by atoms with E-state index in [4.69, 9.17) is 9.15 Å². The maximum Gasteiger partial charge on any atom is 0.226 e. The largest absolute Gasteiger partial charge is 0.497 e. The Labute approximate surface area is 141 Å². The quantitative estimate of drug-likeness (QED) is 0.667. The summed E-state index contributed by atoms with van der Waals surface area (Å²) in [6, 6.07) is 13.7. The standard InChI is InChI=1S/C19H21N3O2/c1-22(12-10-16-5-3-4-11-20-16)13-17-14-24-19(21-17)15-6-8-18(23-2)9-7-15/h3-9,11,14H,10,12-13H2,1-2H3. The summed E-state index contributed by atoms with van der Waals surface area (Å²) in [5.74, 6) is 1.45. The molecule has 2 aromatic heterocycles. The lowest BCUT2D eigenvalue weighted by molar-refractivity contribution is 0.325. The summed E-state index contributed by atoms with van der Waals surface area (Å²) < 4.78 is 10.8. The number of benzene rings is 1. The van der Waals surface area contributed by atoms with E-state index in [2.05, 4.69) is 21.9 Å². The van der Waals surface area contributed by atoms with Crippen molar-refractivity contribution in [3.8, 4) is 17.2 Å². The number of rotatable bonds is 7. The molecule has 0 aliphatic heterocycles. The third-order valence-electron chi connectivity index (χ3n) is 3.80. The smallest absolute Gasteiger partial charge is 0.226 e. The second kappa shape index (κ2) is 7.75. The first-order chi connectivity index (χ1) is 11.7. The second-order valence-corrected chi connectivity index (χ2v) is 5.68. The first kappa shape index (κ1) is 16.2. The Morgan fingerprint density at radius 3 is 2.62 bits per heavy atom. The Balaban J connectivity index is 1.56. The summed E-state index contributed by atoms with van der Waals surface area (Å²) in [5.41, 5.74) is 2.96. The van der Waals surface area contributed by atoms with E-state index < -0.39 is 0 Å². The molecule has 0 aliphatic carbocycles. The summed E-state index contributed by atoms with van der Waals surface area (Å²) in [4.78, 5) is 11.1. The Bertz CT molecular complexity index is 754. The minimum Gasteiger partial charge on any atom is -0.497 e. The van der Waals surface area contributed by atoms with Crippen molar-refractivity contribution in [2.24, 2.45) is 0 Å². The van der Waals surface area contributed by atoms with Gasteiger partial charge < -0.3 is 14.1 Å². The van der Waals surface area contributed by atoms with Gasteiger partial charge in [-0.25, -0.2) is 4.98 Å². The van der Waals surface area contributed by atoms with Crippen LogP contribution in [0.5, 0.6) is 5.75 Å². The molecular formula is C19H21N3O2. The highest BCUT2D eigenvalue weighted by atomic mass is 16.5. The third kappa shape index (κ3) is 4.20. The van der Waals surface area contributed by atoms with Gasteiger partial charge in [0, 0.05) is 37.0 Å². The lowest BCUT2D eigenvalue weighted by Gasteiger charge is -2.14. The second-order valence-electron chi connectivity index (χ2n) is 5.68. The van der Waals surface area contributed by atoms with E-state index in [1.165, 1.54) is 0 Å². The molecule has 0 radical (unpaired) electrons. The van der Waals surface area contributed by atoms with E-state index >= 15 is 0 Å². The maximum atomic E-state index is 5.60. The molecule has 5 heteroatoms. The summed E-state index contributed by atoms with van der Waals surface area (Å²) in [6.45, 7) is 1.66. The average Bonchev–Trinajstić information content (AvgIpc) is 3.09. The van der Waals surface area contributed by atoms with Gasteiger partial charge in [0.15, 0.2) is 0 Å². The Morgan fingerprint density at radius 1 is 1.08 bits per heavy atom. The molecule has 124 valence electrons. The van der Waals surface area contributed by atoms with Crippen LogP contribution < -0.4 is 4.74 Å². The van der Waals surface area contributed by atoms with Crippen LogP contribution in [0, 0.1) is 0 Å². The molecule has 0 N–H and O–H groups in total. The monoisotopic (exact) mass is 323 g/mol. The van der Waals surface area contributed by atoms with Crippen LogP contribution in [0.15, 0.2) is 59.3 Å². The Kier molecular flexibility index (Phi) is 5.23. The molecule has 0 fully saturated rings. The normalized spacial score (nSPS) is 11.0. The van der Waals surface area contributed by atoms with Crippen LogP contribution >= 0.6 is 0 Å². The number of likely N-dealkylation sites (N-methyl/N-ethyl adjacent to an activating group) is 1. The first-order valence-electron chi connectivity index (χ1n) is 7.92.